The topological polar surface area (TPSA) is 91.3 Å². The van der Waals surface area contributed by atoms with E-state index in [2.05, 4.69) is 15.6 Å². The Kier molecular flexibility index (Phi) is 6.41. The van der Waals surface area contributed by atoms with Gasteiger partial charge in [0.15, 0.2) is 0 Å². The number of carbonyl (C=O) groups excluding carboxylic acids is 1. The lowest BCUT2D eigenvalue weighted by Crippen LogP contribution is -2.47. The summed E-state index contributed by atoms with van der Waals surface area (Å²) < 4.78 is 0. The van der Waals surface area contributed by atoms with Gasteiger partial charge in [0.1, 0.15) is 11.9 Å². The first-order valence-corrected chi connectivity index (χ1v) is 6.73. The minimum atomic E-state index is -0.962. The van der Waals surface area contributed by atoms with Crippen molar-refractivity contribution in [2.45, 2.75) is 38.8 Å². The molecule has 0 bridgehead atoms. The summed E-state index contributed by atoms with van der Waals surface area (Å²) in [4.78, 5) is 26.9. The number of nitrogens with one attached hydrogen (secondary N) is 2. The van der Waals surface area contributed by atoms with Gasteiger partial charge in [-0.2, -0.15) is 0 Å². The zero-order valence-electron chi connectivity index (χ0n) is 11.4. The number of pyridine rings is 1. The fraction of sp³-hybridized carbons (Fsp3) is 0.462. The molecule has 0 aliphatic carbocycles. The molecule has 7 heteroatoms. The molecule has 0 radical (unpaired) electrons. The van der Waals surface area contributed by atoms with Crippen LogP contribution in [0.2, 0.25) is 5.02 Å². The summed E-state index contributed by atoms with van der Waals surface area (Å²) in [7, 11) is 0. The van der Waals surface area contributed by atoms with Crippen LogP contribution in [-0.2, 0) is 9.59 Å². The number of amides is 1. The van der Waals surface area contributed by atoms with E-state index in [-0.39, 0.29) is 5.91 Å². The number of rotatable bonds is 7. The lowest BCUT2D eigenvalue weighted by atomic mass is 10.1. The van der Waals surface area contributed by atoms with E-state index in [1.807, 2.05) is 6.92 Å². The second-order valence-electron chi connectivity index (χ2n) is 4.42. The van der Waals surface area contributed by atoms with Crippen molar-refractivity contribution >= 4 is 29.3 Å². The molecule has 0 spiro atoms. The van der Waals surface area contributed by atoms with Crippen molar-refractivity contribution in [1.29, 1.82) is 0 Å². The minimum Gasteiger partial charge on any atom is -0.480 e. The van der Waals surface area contributed by atoms with Crippen LogP contribution in [-0.4, -0.2) is 34.1 Å². The number of halogens is 1. The Morgan fingerprint density at radius 1 is 1.45 bits per heavy atom. The van der Waals surface area contributed by atoms with Gasteiger partial charge in [-0.25, -0.2) is 4.98 Å². The normalized spacial score (nSPS) is 13.6. The smallest absolute Gasteiger partial charge is 0.320 e. The quantitative estimate of drug-likeness (QED) is 0.715. The Hall–Kier alpha value is -1.66. The van der Waals surface area contributed by atoms with E-state index < -0.39 is 18.1 Å². The Labute approximate surface area is 122 Å². The van der Waals surface area contributed by atoms with Gasteiger partial charge < -0.3 is 10.4 Å². The molecule has 0 saturated heterocycles. The van der Waals surface area contributed by atoms with Crippen LogP contribution in [0.15, 0.2) is 18.3 Å². The standard InChI is InChI=1S/C13H18ClN3O3/c1-3-4-10(13(19)20)16-8(2)12(18)17-11-6-5-9(14)7-15-11/h5-8,10,16H,3-4H2,1-2H3,(H,19,20)(H,15,17,18). The molecule has 1 rings (SSSR count). The molecule has 0 aromatic carbocycles. The number of aromatic nitrogens is 1. The van der Waals surface area contributed by atoms with Crippen molar-refractivity contribution in [2.75, 3.05) is 5.32 Å². The first-order chi connectivity index (χ1) is 9.43. The predicted molar refractivity (Wildman–Crippen MR) is 76.8 cm³/mol. The van der Waals surface area contributed by atoms with Crippen molar-refractivity contribution in [3.05, 3.63) is 23.4 Å². The summed E-state index contributed by atoms with van der Waals surface area (Å²) in [5.41, 5.74) is 0. The van der Waals surface area contributed by atoms with Crippen LogP contribution in [0.3, 0.4) is 0 Å². The van der Waals surface area contributed by atoms with Gasteiger partial charge in [0.2, 0.25) is 5.91 Å². The van der Waals surface area contributed by atoms with Crippen LogP contribution >= 0.6 is 11.6 Å². The largest absolute Gasteiger partial charge is 0.480 e. The van der Waals surface area contributed by atoms with E-state index in [1.165, 1.54) is 6.20 Å². The first kappa shape index (κ1) is 16.4. The molecule has 1 aromatic rings. The average molecular weight is 300 g/mol. The highest BCUT2D eigenvalue weighted by molar-refractivity contribution is 6.30. The Morgan fingerprint density at radius 3 is 2.65 bits per heavy atom. The van der Waals surface area contributed by atoms with Gasteiger partial charge in [0.25, 0.3) is 0 Å². The van der Waals surface area contributed by atoms with Crippen molar-refractivity contribution in [2.24, 2.45) is 0 Å². The number of carbonyl (C=O) groups is 2. The maximum atomic E-state index is 11.9. The molecule has 110 valence electrons. The Balaban J connectivity index is 2.57. The molecular formula is C13H18ClN3O3. The molecule has 3 N–H and O–H groups in total. The number of carboxylic acid groups (broad SMARTS) is 1. The predicted octanol–water partition coefficient (Wildman–Crippen LogP) is 1.90. The number of aliphatic carboxylic acids is 1. The third-order valence-corrected chi connectivity index (χ3v) is 2.92. The highest BCUT2D eigenvalue weighted by Crippen LogP contribution is 2.10. The number of hydrogen-bond donors (Lipinski definition) is 3. The molecule has 2 unspecified atom stereocenters. The SMILES string of the molecule is CCCC(NC(C)C(=O)Nc1ccc(Cl)cn1)C(=O)O. The van der Waals surface area contributed by atoms with Crippen LogP contribution in [0.4, 0.5) is 5.82 Å². The molecule has 6 nitrogen and oxygen atoms in total. The summed E-state index contributed by atoms with van der Waals surface area (Å²) in [6, 6.07) is 1.81. The molecule has 20 heavy (non-hydrogen) atoms. The van der Waals surface area contributed by atoms with Crippen LogP contribution in [0.5, 0.6) is 0 Å². The van der Waals surface area contributed by atoms with Crippen molar-refractivity contribution < 1.29 is 14.7 Å². The van der Waals surface area contributed by atoms with Crippen molar-refractivity contribution in [1.82, 2.24) is 10.3 Å². The number of nitrogens with zero attached hydrogens (tertiary/aromatic N) is 1. The van der Waals surface area contributed by atoms with Crippen LogP contribution in [0, 0.1) is 0 Å². The number of anilines is 1. The monoisotopic (exact) mass is 299 g/mol. The third kappa shape index (κ3) is 5.14. The molecule has 1 aromatic heterocycles. The van der Waals surface area contributed by atoms with Crippen LogP contribution < -0.4 is 10.6 Å². The van der Waals surface area contributed by atoms with E-state index >= 15 is 0 Å². The highest BCUT2D eigenvalue weighted by atomic mass is 35.5. The molecular weight excluding hydrogens is 282 g/mol. The molecule has 0 aliphatic rings. The molecule has 2 atom stereocenters. The van der Waals surface area contributed by atoms with Gasteiger partial charge in [0, 0.05) is 6.20 Å². The summed E-state index contributed by atoms with van der Waals surface area (Å²) in [6.45, 7) is 3.50. The van der Waals surface area contributed by atoms with Gasteiger partial charge in [-0.15, -0.1) is 0 Å². The third-order valence-electron chi connectivity index (χ3n) is 2.70. The van der Waals surface area contributed by atoms with E-state index in [0.29, 0.717) is 17.3 Å². The van der Waals surface area contributed by atoms with Gasteiger partial charge in [-0.3, -0.25) is 14.9 Å². The summed E-state index contributed by atoms with van der Waals surface area (Å²) >= 11 is 5.70. The maximum absolute atomic E-state index is 11.9. The van der Waals surface area contributed by atoms with Gasteiger partial charge in [0.05, 0.1) is 11.1 Å². The van der Waals surface area contributed by atoms with Gasteiger partial charge in [-0.1, -0.05) is 24.9 Å². The van der Waals surface area contributed by atoms with E-state index in [1.54, 1.807) is 19.1 Å². The lowest BCUT2D eigenvalue weighted by Gasteiger charge is -2.19. The highest BCUT2D eigenvalue weighted by Gasteiger charge is 2.22. The van der Waals surface area contributed by atoms with Crippen molar-refractivity contribution in [3.63, 3.8) is 0 Å². The first-order valence-electron chi connectivity index (χ1n) is 6.35. The second kappa shape index (κ2) is 7.81. The van der Waals surface area contributed by atoms with Crippen LogP contribution in [0.1, 0.15) is 26.7 Å². The number of hydrogen-bond acceptors (Lipinski definition) is 4. The molecule has 1 heterocycles. The minimum absolute atomic E-state index is 0.345. The summed E-state index contributed by atoms with van der Waals surface area (Å²) in [6.07, 6.45) is 2.61. The zero-order valence-corrected chi connectivity index (χ0v) is 12.1. The van der Waals surface area contributed by atoms with Crippen molar-refractivity contribution in [3.8, 4) is 0 Å². The summed E-state index contributed by atoms with van der Waals surface area (Å²) in [5.74, 6) is -0.936. The Bertz CT molecular complexity index is 464. The average Bonchev–Trinajstić information content (AvgIpc) is 2.40. The van der Waals surface area contributed by atoms with Gasteiger partial charge >= 0.3 is 5.97 Å². The van der Waals surface area contributed by atoms with Crippen LogP contribution in [0.25, 0.3) is 0 Å². The van der Waals surface area contributed by atoms with E-state index in [4.69, 9.17) is 16.7 Å². The molecule has 0 aliphatic heterocycles. The number of carboxylic acids is 1. The maximum Gasteiger partial charge on any atom is 0.320 e. The Morgan fingerprint density at radius 2 is 2.15 bits per heavy atom. The zero-order chi connectivity index (χ0) is 15.1. The second-order valence-corrected chi connectivity index (χ2v) is 4.86. The van der Waals surface area contributed by atoms with Gasteiger partial charge in [-0.05, 0) is 25.5 Å². The van der Waals surface area contributed by atoms with E-state index in [9.17, 15) is 9.59 Å². The molecule has 0 fully saturated rings. The molecule has 0 saturated carbocycles. The lowest BCUT2D eigenvalue weighted by molar-refractivity contribution is -0.140. The summed E-state index contributed by atoms with van der Waals surface area (Å²) in [5, 5.41) is 14.9. The fourth-order valence-corrected chi connectivity index (χ4v) is 1.74. The fourth-order valence-electron chi connectivity index (χ4n) is 1.63. The van der Waals surface area contributed by atoms with E-state index in [0.717, 1.165) is 6.42 Å². The molecule has 1 amide bonds.